The molecule has 4 nitrogen and oxygen atoms in total. The molecule has 0 saturated carbocycles. The van der Waals surface area contributed by atoms with Crippen LogP contribution in [0.5, 0.6) is 0 Å². The van der Waals surface area contributed by atoms with Gasteiger partial charge in [0.25, 0.3) is 0 Å². The summed E-state index contributed by atoms with van der Waals surface area (Å²) in [4.78, 5) is 4.46. The predicted octanol–water partition coefficient (Wildman–Crippen LogP) is 1.63. The molecule has 1 aromatic heterocycles. The number of methoxy groups -OCH3 is 1. The highest BCUT2D eigenvalue weighted by Crippen LogP contribution is 2.24. The Hall–Kier alpha value is -1.29. The van der Waals surface area contributed by atoms with Crippen molar-refractivity contribution in [2.24, 2.45) is 0 Å². The summed E-state index contributed by atoms with van der Waals surface area (Å²) >= 11 is 0. The van der Waals surface area contributed by atoms with Crippen LogP contribution in [0.25, 0.3) is 0 Å². The molecule has 0 saturated heterocycles. The van der Waals surface area contributed by atoms with Gasteiger partial charge in [0.15, 0.2) is 0 Å². The maximum atomic E-state index is 5.07. The summed E-state index contributed by atoms with van der Waals surface area (Å²) in [5.41, 5.74) is 2.13. The normalized spacial score (nSPS) is 18.9. The van der Waals surface area contributed by atoms with E-state index >= 15 is 0 Å². The number of hydrogen-bond acceptors (Lipinski definition) is 4. The number of rotatable bonds is 3. The van der Waals surface area contributed by atoms with Crippen LogP contribution in [0.15, 0.2) is 12.1 Å². The smallest absolute Gasteiger partial charge is 0.149 e. The minimum absolute atomic E-state index is 0.409. The Bertz CT molecular complexity index is 341. The standard InChI is InChI=1S/C11H17N3O/c1-8-3-4-10-11(13-8)14-9(7-12-10)5-6-15-2/h3-4,9,12H,5-7H2,1-2H3,(H,13,14). The van der Waals surface area contributed by atoms with E-state index in [0.717, 1.165) is 36.8 Å². The van der Waals surface area contributed by atoms with Crippen molar-refractivity contribution in [3.8, 4) is 0 Å². The van der Waals surface area contributed by atoms with E-state index < -0.39 is 0 Å². The lowest BCUT2D eigenvalue weighted by Crippen LogP contribution is -2.34. The van der Waals surface area contributed by atoms with Crippen LogP contribution in [0, 0.1) is 6.92 Å². The van der Waals surface area contributed by atoms with Gasteiger partial charge in [0.05, 0.1) is 5.69 Å². The van der Waals surface area contributed by atoms with E-state index in [1.54, 1.807) is 7.11 Å². The first-order valence-electron chi connectivity index (χ1n) is 5.26. The molecule has 1 unspecified atom stereocenters. The minimum atomic E-state index is 0.409. The Balaban J connectivity index is 2.05. The summed E-state index contributed by atoms with van der Waals surface area (Å²) < 4.78 is 5.07. The summed E-state index contributed by atoms with van der Waals surface area (Å²) in [6.45, 7) is 3.71. The predicted molar refractivity (Wildman–Crippen MR) is 61.4 cm³/mol. The van der Waals surface area contributed by atoms with E-state index in [9.17, 15) is 0 Å². The van der Waals surface area contributed by atoms with E-state index in [0.29, 0.717) is 6.04 Å². The largest absolute Gasteiger partial charge is 0.385 e. The maximum Gasteiger partial charge on any atom is 0.149 e. The van der Waals surface area contributed by atoms with Gasteiger partial charge in [-0.25, -0.2) is 4.98 Å². The molecular weight excluding hydrogens is 190 g/mol. The molecule has 2 heterocycles. The molecule has 2 rings (SSSR count). The van der Waals surface area contributed by atoms with Crippen LogP contribution in [0.4, 0.5) is 11.5 Å². The van der Waals surface area contributed by atoms with Gasteiger partial charge in [-0.15, -0.1) is 0 Å². The monoisotopic (exact) mass is 207 g/mol. The van der Waals surface area contributed by atoms with Crippen molar-refractivity contribution in [3.05, 3.63) is 17.8 Å². The van der Waals surface area contributed by atoms with Gasteiger partial charge in [-0.3, -0.25) is 0 Å². The third-order valence-corrected chi connectivity index (χ3v) is 2.58. The molecule has 0 aliphatic carbocycles. The molecule has 15 heavy (non-hydrogen) atoms. The number of nitrogens with zero attached hydrogens (tertiary/aromatic N) is 1. The van der Waals surface area contributed by atoms with Gasteiger partial charge in [0, 0.05) is 32.0 Å². The molecule has 1 aliphatic rings. The summed E-state index contributed by atoms with van der Waals surface area (Å²) in [6, 6.07) is 4.49. The molecule has 0 aromatic carbocycles. The molecule has 0 fully saturated rings. The molecule has 0 spiro atoms. The fourth-order valence-corrected chi connectivity index (χ4v) is 1.72. The van der Waals surface area contributed by atoms with Crippen LogP contribution in [0.1, 0.15) is 12.1 Å². The first kappa shape index (κ1) is 10.2. The average Bonchev–Trinajstić information content (AvgIpc) is 2.25. The van der Waals surface area contributed by atoms with Gasteiger partial charge in [-0.1, -0.05) is 0 Å². The lowest BCUT2D eigenvalue weighted by molar-refractivity contribution is 0.190. The van der Waals surface area contributed by atoms with Gasteiger partial charge < -0.3 is 15.4 Å². The number of ether oxygens (including phenoxy) is 1. The highest BCUT2D eigenvalue weighted by Gasteiger charge is 2.17. The molecule has 1 aliphatic heterocycles. The molecule has 1 aromatic rings. The number of nitrogens with one attached hydrogen (secondary N) is 2. The Kier molecular flexibility index (Phi) is 3.06. The third kappa shape index (κ3) is 2.39. The lowest BCUT2D eigenvalue weighted by Gasteiger charge is -2.27. The van der Waals surface area contributed by atoms with Crippen molar-refractivity contribution in [3.63, 3.8) is 0 Å². The number of aryl methyl sites for hydroxylation is 1. The van der Waals surface area contributed by atoms with Crippen LogP contribution in [0.3, 0.4) is 0 Å². The molecule has 82 valence electrons. The molecule has 0 amide bonds. The molecule has 0 bridgehead atoms. The quantitative estimate of drug-likeness (QED) is 0.791. The number of pyridine rings is 1. The highest BCUT2D eigenvalue weighted by atomic mass is 16.5. The summed E-state index contributed by atoms with van der Waals surface area (Å²) in [6.07, 6.45) is 0.999. The second-order valence-corrected chi connectivity index (χ2v) is 3.85. The zero-order chi connectivity index (χ0) is 10.7. The maximum absolute atomic E-state index is 5.07. The summed E-state index contributed by atoms with van der Waals surface area (Å²) in [7, 11) is 1.73. The Morgan fingerprint density at radius 1 is 1.53 bits per heavy atom. The van der Waals surface area contributed by atoms with E-state index in [4.69, 9.17) is 4.74 Å². The van der Waals surface area contributed by atoms with Crippen molar-refractivity contribution in [1.29, 1.82) is 0 Å². The van der Waals surface area contributed by atoms with Crippen LogP contribution < -0.4 is 10.6 Å². The van der Waals surface area contributed by atoms with Crippen LogP contribution in [0.2, 0.25) is 0 Å². The molecule has 1 atom stereocenters. The molecule has 0 radical (unpaired) electrons. The van der Waals surface area contributed by atoms with Gasteiger partial charge in [0.1, 0.15) is 5.82 Å². The third-order valence-electron chi connectivity index (χ3n) is 2.58. The fourth-order valence-electron chi connectivity index (χ4n) is 1.72. The van der Waals surface area contributed by atoms with E-state index in [1.807, 2.05) is 13.0 Å². The minimum Gasteiger partial charge on any atom is -0.385 e. The highest BCUT2D eigenvalue weighted by molar-refractivity contribution is 5.67. The molecule has 2 N–H and O–H groups in total. The Morgan fingerprint density at radius 2 is 2.40 bits per heavy atom. The van der Waals surface area contributed by atoms with Crippen molar-refractivity contribution >= 4 is 11.5 Å². The van der Waals surface area contributed by atoms with Gasteiger partial charge in [-0.2, -0.15) is 0 Å². The Morgan fingerprint density at radius 3 is 3.20 bits per heavy atom. The molecular formula is C11H17N3O. The van der Waals surface area contributed by atoms with Gasteiger partial charge >= 0.3 is 0 Å². The van der Waals surface area contributed by atoms with Crippen LogP contribution >= 0.6 is 0 Å². The first-order chi connectivity index (χ1) is 7.29. The zero-order valence-corrected chi connectivity index (χ0v) is 9.21. The second-order valence-electron chi connectivity index (χ2n) is 3.85. The van der Waals surface area contributed by atoms with Crippen LogP contribution in [-0.2, 0) is 4.74 Å². The Labute approximate surface area is 90.0 Å². The fraction of sp³-hybridized carbons (Fsp3) is 0.545. The topological polar surface area (TPSA) is 46.2 Å². The van der Waals surface area contributed by atoms with Crippen LogP contribution in [-0.4, -0.2) is 31.3 Å². The summed E-state index contributed by atoms with van der Waals surface area (Å²) in [5.74, 6) is 0.961. The van der Waals surface area contributed by atoms with Crippen molar-refractivity contribution in [1.82, 2.24) is 4.98 Å². The number of aromatic nitrogens is 1. The first-order valence-corrected chi connectivity index (χ1v) is 5.26. The summed E-state index contributed by atoms with van der Waals surface area (Å²) in [5, 5.41) is 6.79. The van der Waals surface area contributed by atoms with E-state index in [2.05, 4.69) is 21.7 Å². The zero-order valence-electron chi connectivity index (χ0n) is 9.21. The lowest BCUT2D eigenvalue weighted by atomic mass is 10.1. The van der Waals surface area contributed by atoms with E-state index in [1.165, 1.54) is 0 Å². The van der Waals surface area contributed by atoms with E-state index in [-0.39, 0.29) is 0 Å². The second kappa shape index (κ2) is 4.49. The van der Waals surface area contributed by atoms with Crippen molar-refractivity contribution in [2.75, 3.05) is 30.9 Å². The average molecular weight is 207 g/mol. The number of fused-ring (bicyclic) bond motifs is 1. The van der Waals surface area contributed by atoms with Crippen molar-refractivity contribution in [2.45, 2.75) is 19.4 Å². The molecule has 4 heteroatoms. The van der Waals surface area contributed by atoms with Crippen molar-refractivity contribution < 1.29 is 4.74 Å². The number of hydrogen-bond donors (Lipinski definition) is 2. The van der Waals surface area contributed by atoms with Gasteiger partial charge in [0.2, 0.25) is 0 Å². The number of anilines is 2. The SMILES string of the molecule is COCCC1CNc2ccc(C)nc2N1. The van der Waals surface area contributed by atoms with Gasteiger partial charge in [-0.05, 0) is 25.5 Å².